The van der Waals surface area contributed by atoms with E-state index in [1.807, 2.05) is 26.8 Å². The van der Waals surface area contributed by atoms with E-state index in [-0.39, 0.29) is 35.8 Å². The minimum Gasteiger partial charge on any atom is -0.490 e. The molecular formula is C21H30FIN4OS. The summed E-state index contributed by atoms with van der Waals surface area (Å²) in [6.07, 6.45) is 3.18. The molecule has 1 atom stereocenters. The van der Waals surface area contributed by atoms with Crippen LogP contribution in [0, 0.1) is 18.7 Å². The summed E-state index contributed by atoms with van der Waals surface area (Å²) in [6.45, 7) is 8.05. The third-order valence-electron chi connectivity index (χ3n) is 4.63. The molecule has 1 unspecified atom stereocenters. The first kappa shape index (κ1) is 23.9. The summed E-state index contributed by atoms with van der Waals surface area (Å²) in [7, 11) is 0. The number of aryl methyl sites for hydroxylation is 1. The van der Waals surface area contributed by atoms with Gasteiger partial charge in [-0.25, -0.2) is 9.37 Å². The van der Waals surface area contributed by atoms with Gasteiger partial charge in [-0.05, 0) is 57.2 Å². The van der Waals surface area contributed by atoms with Crippen LogP contribution in [0.25, 0.3) is 0 Å². The van der Waals surface area contributed by atoms with Gasteiger partial charge in [0.2, 0.25) is 0 Å². The van der Waals surface area contributed by atoms with Crippen molar-refractivity contribution in [3.05, 3.63) is 45.7 Å². The molecule has 29 heavy (non-hydrogen) atoms. The molecule has 1 aliphatic rings. The maximum absolute atomic E-state index is 14.4. The Morgan fingerprint density at radius 2 is 2.21 bits per heavy atom. The summed E-state index contributed by atoms with van der Waals surface area (Å²) in [5.74, 6) is 1.35. The first-order valence-electron chi connectivity index (χ1n) is 9.93. The van der Waals surface area contributed by atoms with Crippen molar-refractivity contribution in [2.75, 3.05) is 19.7 Å². The van der Waals surface area contributed by atoms with E-state index >= 15 is 0 Å². The van der Waals surface area contributed by atoms with Crippen molar-refractivity contribution in [1.82, 2.24) is 15.6 Å². The van der Waals surface area contributed by atoms with Gasteiger partial charge in [0, 0.05) is 24.9 Å². The van der Waals surface area contributed by atoms with Gasteiger partial charge in [-0.1, -0.05) is 6.07 Å². The average molecular weight is 532 g/mol. The Morgan fingerprint density at radius 1 is 1.41 bits per heavy atom. The molecule has 0 spiro atoms. The number of rotatable bonds is 9. The van der Waals surface area contributed by atoms with Crippen LogP contribution >= 0.6 is 35.3 Å². The molecule has 8 heteroatoms. The zero-order chi connectivity index (χ0) is 19.9. The molecule has 1 saturated carbocycles. The van der Waals surface area contributed by atoms with Crippen LogP contribution in [0.4, 0.5) is 4.39 Å². The van der Waals surface area contributed by atoms with Crippen molar-refractivity contribution >= 4 is 41.3 Å². The van der Waals surface area contributed by atoms with Gasteiger partial charge in [0.25, 0.3) is 0 Å². The normalized spacial score (nSPS) is 14.8. The molecule has 5 nitrogen and oxygen atoms in total. The van der Waals surface area contributed by atoms with Gasteiger partial charge in [0.1, 0.15) is 0 Å². The van der Waals surface area contributed by atoms with Gasteiger partial charge in [0.15, 0.2) is 17.5 Å². The minimum atomic E-state index is -0.312. The smallest absolute Gasteiger partial charge is 0.191 e. The maximum atomic E-state index is 14.4. The number of thiazole rings is 1. The topological polar surface area (TPSA) is 58.5 Å². The molecule has 1 aromatic heterocycles. The van der Waals surface area contributed by atoms with E-state index in [9.17, 15) is 4.39 Å². The number of ether oxygens (including phenoxy) is 1. The van der Waals surface area contributed by atoms with Gasteiger partial charge in [0.05, 0.1) is 23.4 Å². The zero-order valence-electron chi connectivity index (χ0n) is 17.2. The number of benzene rings is 1. The average Bonchev–Trinajstić information content (AvgIpc) is 3.41. The van der Waals surface area contributed by atoms with Crippen LogP contribution < -0.4 is 15.4 Å². The second-order valence-corrected chi connectivity index (χ2v) is 8.24. The second-order valence-electron chi connectivity index (χ2n) is 7.18. The third-order valence-corrected chi connectivity index (χ3v) is 5.45. The van der Waals surface area contributed by atoms with Crippen molar-refractivity contribution in [3.8, 4) is 5.75 Å². The number of aliphatic imine (C=N–C) groups is 1. The number of hydrogen-bond donors (Lipinski definition) is 2. The summed E-state index contributed by atoms with van der Waals surface area (Å²) in [6, 6.07) is 5.10. The molecular weight excluding hydrogens is 502 g/mol. The van der Waals surface area contributed by atoms with E-state index in [2.05, 4.69) is 26.0 Å². The van der Waals surface area contributed by atoms with Gasteiger partial charge in [-0.3, -0.25) is 4.99 Å². The van der Waals surface area contributed by atoms with E-state index in [1.165, 1.54) is 12.8 Å². The van der Waals surface area contributed by atoms with Gasteiger partial charge < -0.3 is 15.4 Å². The van der Waals surface area contributed by atoms with Crippen LogP contribution in [0.3, 0.4) is 0 Å². The molecule has 160 valence electrons. The lowest BCUT2D eigenvalue weighted by molar-refractivity contribution is 0.285. The number of nitrogens with zero attached hydrogens (tertiary/aromatic N) is 2. The fourth-order valence-electron chi connectivity index (χ4n) is 2.81. The highest BCUT2D eigenvalue weighted by atomic mass is 127. The highest BCUT2D eigenvalue weighted by Crippen LogP contribution is 2.30. The Balaban J connectivity index is 0.00000300. The molecule has 2 aromatic rings. The number of aromatic nitrogens is 1. The Labute approximate surface area is 193 Å². The molecule has 1 heterocycles. The quantitative estimate of drug-likeness (QED) is 0.275. The van der Waals surface area contributed by atoms with Crippen molar-refractivity contribution in [3.63, 3.8) is 0 Å². The van der Waals surface area contributed by atoms with Crippen molar-refractivity contribution in [1.29, 1.82) is 0 Å². The van der Waals surface area contributed by atoms with E-state index in [4.69, 9.17) is 4.74 Å². The van der Waals surface area contributed by atoms with Crippen molar-refractivity contribution < 1.29 is 9.13 Å². The largest absolute Gasteiger partial charge is 0.490 e. The lowest BCUT2D eigenvalue weighted by Gasteiger charge is -2.19. The molecule has 0 aliphatic heterocycles. The Morgan fingerprint density at radius 3 is 2.83 bits per heavy atom. The van der Waals surface area contributed by atoms with E-state index in [1.54, 1.807) is 23.5 Å². The van der Waals surface area contributed by atoms with Crippen LogP contribution in [-0.4, -0.2) is 30.6 Å². The Hall–Kier alpha value is -1.42. The van der Waals surface area contributed by atoms with Gasteiger partial charge >= 0.3 is 0 Å². The van der Waals surface area contributed by atoms with Gasteiger partial charge in [-0.15, -0.1) is 35.3 Å². The van der Waals surface area contributed by atoms with E-state index in [0.29, 0.717) is 24.8 Å². The number of halogens is 2. The van der Waals surface area contributed by atoms with Crippen LogP contribution in [0.5, 0.6) is 5.75 Å². The first-order chi connectivity index (χ1) is 13.5. The minimum absolute atomic E-state index is 0. The molecule has 1 fully saturated rings. The molecule has 1 aliphatic carbocycles. The summed E-state index contributed by atoms with van der Waals surface area (Å²) < 4.78 is 19.9. The standard InChI is InChI=1S/C21H29FN4OS.HI/c1-4-23-21(24-10-9-18-13-28-15(3)26-18)25-14(2)17-7-8-20(19(22)11-17)27-12-16-5-6-16;/h7-8,11,13-14,16H,4-6,9-10,12H2,1-3H3,(H2,23,24,25);1H. The summed E-state index contributed by atoms with van der Waals surface area (Å²) in [4.78, 5) is 9.08. The lowest BCUT2D eigenvalue weighted by Crippen LogP contribution is -2.38. The molecule has 0 bridgehead atoms. The fraction of sp³-hybridized carbons (Fsp3) is 0.524. The van der Waals surface area contributed by atoms with Crippen LogP contribution in [0.2, 0.25) is 0 Å². The predicted octanol–water partition coefficient (Wildman–Crippen LogP) is 4.86. The van der Waals surface area contributed by atoms with Crippen LogP contribution in [0.1, 0.15) is 49.0 Å². The molecule has 1 aromatic carbocycles. The lowest BCUT2D eigenvalue weighted by atomic mass is 10.1. The van der Waals surface area contributed by atoms with Crippen molar-refractivity contribution in [2.24, 2.45) is 10.9 Å². The zero-order valence-corrected chi connectivity index (χ0v) is 20.4. The van der Waals surface area contributed by atoms with E-state index < -0.39 is 0 Å². The molecule has 0 amide bonds. The highest BCUT2D eigenvalue weighted by Gasteiger charge is 2.22. The maximum Gasteiger partial charge on any atom is 0.191 e. The van der Waals surface area contributed by atoms with Crippen molar-refractivity contribution in [2.45, 2.75) is 46.1 Å². The second kappa shape index (κ2) is 11.7. The molecule has 0 saturated heterocycles. The SMILES string of the molecule is CCNC(=NCCc1csc(C)n1)NC(C)c1ccc(OCC2CC2)c(F)c1.I. The van der Waals surface area contributed by atoms with Gasteiger partial charge in [-0.2, -0.15) is 0 Å². The Bertz CT molecular complexity index is 810. The molecule has 2 N–H and O–H groups in total. The first-order valence-corrected chi connectivity index (χ1v) is 10.8. The molecule has 3 rings (SSSR count). The summed E-state index contributed by atoms with van der Waals surface area (Å²) >= 11 is 1.66. The van der Waals surface area contributed by atoms with E-state index in [0.717, 1.165) is 35.2 Å². The number of guanidine groups is 1. The number of hydrogen-bond acceptors (Lipinski definition) is 4. The Kier molecular flexibility index (Phi) is 9.61. The summed E-state index contributed by atoms with van der Waals surface area (Å²) in [5, 5.41) is 9.74. The van der Waals surface area contributed by atoms with Crippen LogP contribution in [-0.2, 0) is 6.42 Å². The monoisotopic (exact) mass is 532 g/mol. The highest BCUT2D eigenvalue weighted by molar-refractivity contribution is 14.0. The predicted molar refractivity (Wildman–Crippen MR) is 128 cm³/mol. The fourth-order valence-corrected chi connectivity index (χ4v) is 3.46. The van der Waals surface area contributed by atoms with Crippen LogP contribution in [0.15, 0.2) is 28.6 Å². The summed E-state index contributed by atoms with van der Waals surface area (Å²) in [5.41, 5.74) is 1.93. The number of nitrogens with one attached hydrogen (secondary N) is 2. The molecule has 0 radical (unpaired) electrons. The third kappa shape index (κ3) is 7.73.